The smallest absolute Gasteiger partial charge is 0.285 e. The number of aromatic nitrogens is 3. The van der Waals surface area contributed by atoms with Gasteiger partial charge in [-0.1, -0.05) is 18.5 Å². The number of hydrogen-bond donors (Lipinski definition) is 2. The van der Waals surface area contributed by atoms with Crippen LogP contribution in [0.5, 0.6) is 5.88 Å². The van der Waals surface area contributed by atoms with E-state index in [4.69, 9.17) is 16.3 Å². The first-order valence-corrected chi connectivity index (χ1v) is 12.7. The molecule has 0 aliphatic carbocycles. The van der Waals surface area contributed by atoms with Gasteiger partial charge in [-0.05, 0) is 36.2 Å². The monoisotopic (exact) mass is 507 g/mol. The normalized spacial score (nSPS) is 16.0. The zero-order valence-electron chi connectivity index (χ0n) is 18.3. The van der Waals surface area contributed by atoms with Gasteiger partial charge in [-0.2, -0.15) is 5.10 Å². The summed E-state index contributed by atoms with van der Waals surface area (Å²) in [5, 5.41) is 6.16. The first kappa shape index (κ1) is 24.0. The molecular weight excluding hydrogens is 485 g/mol. The van der Waals surface area contributed by atoms with Gasteiger partial charge < -0.3 is 9.64 Å². The molecule has 2 aromatic heterocycles. The van der Waals surface area contributed by atoms with Crippen LogP contribution in [0.15, 0.2) is 47.5 Å². The first-order valence-electron chi connectivity index (χ1n) is 10.7. The van der Waals surface area contributed by atoms with E-state index in [-0.39, 0.29) is 22.6 Å². The topological polar surface area (TPSA) is 117 Å². The molecule has 1 atom stereocenters. The largest absolute Gasteiger partial charge is 0.472 e. The molecule has 1 saturated heterocycles. The molecule has 0 saturated carbocycles. The molecule has 4 rings (SSSR count). The van der Waals surface area contributed by atoms with Gasteiger partial charge >= 0.3 is 0 Å². The maximum atomic E-state index is 14.8. The van der Waals surface area contributed by atoms with Gasteiger partial charge in [0, 0.05) is 30.8 Å². The van der Waals surface area contributed by atoms with Crippen LogP contribution in [0.4, 0.5) is 15.8 Å². The Morgan fingerprint density at radius 2 is 2.15 bits per heavy atom. The van der Waals surface area contributed by atoms with Crippen molar-refractivity contribution in [2.24, 2.45) is 0 Å². The molecule has 0 bridgehead atoms. The fourth-order valence-electron chi connectivity index (χ4n) is 3.76. The number of nitrogens with zero attached hydrogens (tertiary/aromatic N) is 3. The summed E-state index contributed by atoms with van der Waals surface area (Å²) in [6.45, 7) is 2.86. The molecule has 0 unspecified atom stereocenters. The number of nitrogens with one attached hydrogen (secondary N) is 2. The summed E-state index contributed by atoms with van der Waals surface area (Å²) in [6, 6.07) is 7.45. The van der Waals surface area contributed by atoms with Crippen LogP contribution in [0.25, 0.3) is 11.1 Å². The predicted molar refractivity (Wildman–Crippen MR) is 128 cm³/mol. The van der Waals surface area contributed by atoms with Crippen molar-refractivity contribution in [1.29, 1.82) is 0 Å². The molecule has 0 spiro atoms. The third-order valence-corrected chi connectivity index (χ3v) is 7.17. The minimum absolute atomic E-state index is 0.0382. The van der Waals surface area contributed by atoms with Crippen molar-refractivity contribution in [2.75, 3.05) is 28.5 Å². The zero-order chi connectivity index (χ0) is 24.3. The highest BCUT2D eigenvalue weighted by atomic mass is 35.5. The molecule has 9 nitrogen and oxygen atoms in total. The summed E-state index contributed by atoms with van der Waals surface area (Å²) in [7, 11) is -3.51. The molecule has 3 aromatic rings. The highest BCUT2D eigenvalue weighted by Crippen LogP contribution is 2.30. The van der Waals surface area contributed by atoms with Crippen molar-refractivity contribution in [3.8, 4) is 17.0 Å². The Kier molecular flexibility index (Phi) is 7.03. The molecule has 12 heteroatoms. The summed E-state index contributed by atoms with van der Waals surface area (Å²) in [6.07, 6.45) is 3.95. The van der Waals surface area contributed by atoms with Crippen molar-refractivity contribution in [3.05, 3.63) is 63.9 Å². The molecular formula is C22H23ClFN5O4S. The second kappa shape index (κ2) is 9.98. The maximum Gasteiger partial charge on any atom is 0.285 e. The number of ether oxygens (including phenoxy) is 1. The lowest BCUT2D eigenvalue weighted by Gasteiger charge is -2.19. The second-order valence-electron chi connectivity index (χ2n) is 7.87. The maximum absolute atomic E-state index is 14.8. The van der Waals surface area contributed by atoms with Crippen LogP contribution >= 0.6 is 11.6 Å². The van der Waals surface area contributed by atoms with Gasteiger partial charge in [0.2, 0.25) is 15.9 Å². The van der Waals surface area contributed by atoms with E-state index in [1.54, 1.807) is 19.1 Å². The highest BCUT2D eigenvalue weighted by Gasteiger charge is 2.27. The van der Waals surface area contributed by atoms with Crippen molar-refractivity contribution >= 4 is 33.0 Å². The van der Waals surface area contributed by atoms with Gasteiger partial charge in [0.25, 0.3) is 5.56 Å². The van der Waals surface area contributed by atoms with Crippen LogP contribution in [0, 0.1) is 5.82 Å². The van der Waals surface area contributed by atoms with E-state index in [1.807, 2.05) is 4.90 Å². The van der Waals surface area contributed by atoms with Crippen LogP contribution in [0.1, 0.15) is 19.8 Å². The van der Waals surface area contributed by atoms with Crippen LogP contribution in [0.2, 0.25) is 5.02 Å². The van der Waals surface area contributed by atoms with Crippen molar-refractivity contribution in [2.45, 2.75) is 25.9 Å². The fourth-order valence-corrected chi connectivity index (χ4v) is 5.10. The Balaban J connectivity index is 1.46. The summed E-state index contributed by atoms with van der Waals surface area (Å²) >= 11 is 6.09. The number of halogens is 2. The average Bonchev–Trinajstić information content (AvgIpc) is 3.23. The molecule has 1 aliphatic rings. The van der Waals surface area contributed by atoms with Crippen LogP contribution < -0.4 is 19.9 Å². The standard InChI is InChI=1S/C22H23ClFN5O4S/c1-2-9-34(31,32)28-15-3-4-17(18(24)11-15)14-5-7-25-20(10-14)33-16-6-8-29(13-16)19-12-26-27-22(30)21(19)23/h3-5,7,10-12,16,28H,2,6,8-9,13H2,1H3,(H,27,30)/t16-/m1/s1. The highest BCUT2D eigenvalue weighted by molar-refractivity contribution is 7.92. The van der Waals surface area contributed by atoms with E-state index < -0.39 is 21.4 Å². The molecule has 1 aliphatic heterocycles. The van der Waals surface area contributed by atoms with Crippen molar-refractivity contribution in [3.63, 3.8) is 0 Å². The number of rotatable bonds is 8. The third-order valence-electron chi connectivity index (χ3n) is 5.31. The lowest BCUT2D eigenvalue weighted by Crippen LogP contribution is -2.26. The Morgan fingerprint density at radius 1 is 1.32 bits per heavy atom. The molecule has 34 heavy (non-hydrogen) atoms. The number of sulfonamides is 1. The molecule has 3 heterocycles. The quantitative estimate of drug-likeness (QED) is 0.479. The third kappa shape index (κ3) is 5.48. The van der Waals surface area contributed by atoms with Gasteiger partial charge in [-0.25, -0.2) is 22.9 Å². The molecule has 180 valence electrons. The van der Waals surface area contributed by atoms with E-state index in [2.05, 4.69) is 19.9 Å². The summed E-state index contributed by atoms with van der Waals surface area (Å²) in [5.74, 6) is -0.285. The Bertz CT molecular complexity index is 1350. The Morgan fingerprint density at radius 3 is 2.91 bits per heavy atom. The summed E-state index contributed by atoms with van der Waals surface area (Å²) in [5.41, 5.74) is 1.08. The van der Waals surface area contributed by atoms with E-state index in [9.17, 15) is 17.6 Å². The first-order chi connectivity index (χ1) is 16.3. The molecule has 0 radical (unpaired) electrons. The number of benzene rings is 1. The predicted octanol–water partition coefficient (Wildman–Crippen LogP) is 3.43. The van der Waals surface area contributed by atoms with Crippen molar-refractivity contribution in [1.82, 2.24) is 15.2 Å². The van der Waals surface area contributed by atoms with Gasteiger partial charge in [0.15, 0.2) is 0 Å². The summed E-state index contributed by atoms with van der Waals surface area (Å²) < 4.78 is 47.0. The van der Waals surface area contributed by atoms with Crippen LogP contribution in [-0.4, -0.2) is 48.5 Å². The number of pyridine rings is 1. The van der Waals surface area contributed by atoms with Gasteiger partial charge in [-0.3, -0.25) is 9.52 Å². The van der Waals surface area contributed by atoms with E-state index in [1.165, 1.54) is 24.5 Å². The molecule has 2 N–H and O–H groups in total. The fraction of sp³-hybridized carbons (Fsp3) is 0.318. The van der Waals surface area contributed by atoms with E-state index >= 15 is 0 Å². The van der Waals surface area contributed by atoms with E-state index in [0.29, 0.717) is 48.6 Å². The number of aromatic amines is 1. The van der Waals surface area contributed by atoms with E-state index in [0.717, 1.165) is 6.07 Å². The zero-order valence-corrected chi connectivity index (χ0v) is 19.9. The minimum atomic E-state index is -3.51. The number of anilines is 2. The van der Waals surface area contributed by atoms with Crippen LogP contribution in [0.3, 0.4) is 0 Å². The summed E-state index contributed by atoms with van der Waals surface area (Å²) in [4.78, 5) is 17.8. The molecule has 1 fully saturated rings. The lowest BCUT2D eigenvalue weighted by molar-refractivity contribution is 0.216. The SMILES string of the molecule is CCCS(=O)(=O)Nc1ccc(-c2ccnc(O[C@@H]3CCN(c4cn[nH]c(=O)c4Cl)C3)c2)c(F)c1. The molecule has 1 aromatic carbocycles. The average molecular weight is 508 g/mol. The molecule has 0 amide bonds. The second-order valence-corrected chi connectivity index (χ2v) is 10.1. The van der Waals surface area contributed by atoms with Gasteiger partial charge in [0.05, 0.1) is 29.9 Å². The number of H-pyrrole nitrogens is 1. The van der Waals surface area contributed by atoms with Crippen LogP contribution in [-0.2, 0) is 10.0 Å². The van der Waals surface area contributed by atoms with Crippen molar-refractivity contribution < 1.29 is 17.5 Å². The lowest BCUT2D eigenvalue weighted by atomic mass is 10.1. The minimum Gasteiger partial charge on any atom is -0.472 e. The Labute approximate surface area is 201 Å². The Hall–Kier alpha value is -3.18. The number of hydrogen-bond acceptors (Lipinski definition) is 7. The van der Waals surface area contributed by atoms with Gasteiger partial charge in [-0.15, -0.1) is 0 Å². The van der Waals surface area contributed by atoms with Gasteiger partial charge in [0.1, 0.15) is 16.9 Å².